The van der Waals surface area contributed by atoms with Crippen molar-refractivity contribution < 1.29 is 9.59 Å². The highest BCUT2D eigenvalue weighted by atomic mass is 32.1. The summed E-state index contributed by atoms with van der Waals surface area (Å²) in [5.74, 6) is -0.471. The quantitative estimate of drug-likeness (QED) is 0.901. The number of carbonyl (C=O) groups excluding carboxylic acids is 2. The van der Waals surface area contributed by atoms with Crippen molar-refractivity contribution >= 4 is 34.5 Å². The van der Waals surface area contributed by atoms with Crippen LogP contribution in [-0.2, 0) is 4.79 Å². The summed E-state index contributed by atoms with van der Waals surface area (Å²) < 4.78 is 0. The second-order valence-corrected chi connectivity index (χ2v) is 7.71. The van der Waals surface area contributed by atoms with Gasteiger partial charge in [-0.3, -0.25) is 9.59 Å². The molecule has 2 aromatic rings. The summed E-state index contributed by atoms with van der Waals surface area (Å²) in [6, 6.07) is 1.97. The van der Waals surface area contributed by atoms with Crippen LogP contribution in [0.4, 0.5) is 0 Å². The Morgan fingerprint density at radius 1 is 1.32 bits per heavy atom. The van der Waals surface area contributed by atoms with E-state index in [-0.39, 0.29) is 23.9 Å². The van der Waals surface area contributed by atoms with Crippen LogP contribution in [0.15, 0.2) is 16.8 Å². The third-order valence-electron chi connectivity index (χ3n) is 2.69. The molecule has 2 heterocycles. The summed E-state index contributed by atoms with van der Waals surface area (Å²) in [5, 5.41) is 10.2. The van der Waals surface area contributed by atoms with Crippen LogP contribution in [-0.4, -0.2) is 28.9 Å². The lowest BCUT2D eigenvalue weighted by atomic mass is 10.1. The van der Waals surface area contributed by atoms with Gasteiger partial charge in [0.05, 0.1) is 12.2 Å². The monoisotopic (exact) mass is 337 g/mol. The largest absolute Gasteiger partial charge is 0.350 e. The van der Waals surface area contributed by atoms with Gasteiger partial charge in [-0.25, -0.2) is 4.98 Å². The molecule has 2 aromatic heterocycles. The number of hydrogen-bond acceptors (Lipinski definition) is 5. The predicted molar refractivity (Wildman–Crippen MR) is 90.4 cm³/mol. The second-order valence-electron chi connectivity index (χ2n) is 5.93. The van der Waals surface area contributed by atoms with Crippen LogP contribution in [0.2, 0.25) is 0 Å². The molecule has 0 bridgehead atoms. The van der Waals surface area contributed by atoms with Crippen molar-refractivity contribution in [2.24, 2.45) is 0 Å². The van der Waals surface area contributed by atoms with Crippen molar-refractivity contribution in [2.75, 3.05) is 6.54 Å². The number of thiazole rings is 1. The number of nitrogens with zero attached hydrogens (tertiary/aromatic N) is 1. The highest BCUT2D eigenvalue weighted by Crippen LogP contribution is 2.29. The predicted octanol–water partition coefficient (Wildman–Crippen LogP) is 2.82. The maximum atomic E-state index is 12.2. The van der Waals surface area contributed by atoms with Crippen LogP contribution >= 0.6 is 22.7 Å². The van der Waals surface area contributed by atoms with E-state index in [9.17, 15) is 9.59 Å². The Hall–Kier alpha value is -1.73. The first-order valence-electron chi connectivity index (χ1n) is 6.85. The molecule has 0 unspecified atom stereocenters. The van der Waals surface area contributed by atoms with Gasteiger partial charge in [0.2, 0.25) is 5.91 Å². The van der Waals surface area contributed by atoms with E-state index in [0.29, 0.717) is 10.6 Å². The number of rotatable bonds is 4. The lowest BCUT2D eigenvalue weighted by molar-refractivity contribution is -0.121. The van der Waals surface area contributed by atoms with Crippen LogP contribution in [0.5, 0.6) is 0 Å². The summed E-state index contributed by atoms with van der Waals surface area (Å²) in [7, 11) is 0. The van der Waals surface area contributed by atoms with Gasteiger partial charge in [0.25, 0.3) is 5.91 Å². The van der Waals surface area contributed by atoms with Gasteiger partial charge >= 0.3 is 0 Å². The van der Waals surface area contributed by atoms with Gasteiger partial charge in [0.15, 0.2) is 0 Å². The van der Waals surface area contributed by atoms with Crippen molar-refractivity contribution in [1.82, 2.24) is 15.6 Å². The molecule has 0 aliphatic heterocycles. The van der Waals surface area contributed by atoms with Crippen molar-refractivity contribution in [3.63, 3.8) is 0 Å². The molecule has 2 amide bonds. The normalized spacial score (nSPS) is 11.3. The number of thiophene rings is 1. The Labute approximate surface area is 137 Å². The summed E-state index contributed by atoms with van der Waals surface area (Å²) >= 11 is 2.93. The highest BCUT2D eigenvalue weighted by Gasteiger charge is 2.18. The summed E-state index contributed by atoms with van der Waals surface area (Å²) in [4.78, 5) is 28.9. The lowest BCUT2D eigenvalue weighted by Gasteiger charge is -2.20. The molecule has 0 saturated heterocycles. The van der Waals surface area contributed by atoms with Gasteiger partial charge in [-0.05, 0) is 39.1 Å². The second kappa shape index (κ2) is 6.58. The molecule has 0 saturated carbocycles. The smallest absolute Gasteiger partial charge is 0.263 e. The van der Waals surface area contributed by atoms with Gasteiger partial charge in [-0.1, -0.05) is 0 Å². The number of nitrogens with one attached hydrogen (secondary N) is 2. The van der Waals surface area contributed by atoms with Crippen LogP contribution < -0.4 is 10.6 Å². The first-order chi connectivity index (χ1) is 10.3. The van der Waals surface area contributed by atoms with Crippen LogP contribution in [0.1, 0.15) is 36.1 Å². The van der Waals surface area contributed by atoms with E-state index in [4.69, 9.17) is 0 Å². The minimum absolute atomic E-state index is 0.0404. The van der Waals surface area contributed by atoms with E-state index in [0.717, 1.165) is 10.6 Å². The van der Waals surface area contributed by atoms with Gasteiger partial charge in [-0.2, -0.15) is 11.3 Å². The summed E-state index contributed by atoms with van der Waals surface area (Å²) in [6.45, 7) is 7.45. The van der Waals surface area contributed by atoms with Crippen molar-refractivity contribution in [3.05, 3.63) is 27.4 Å². The number of aryl methyl sites for hydroxylation is 1. The molecule has 7 heteroatoms. The van der Waals surface area contributed by atoms with Gasteiger partial charge in [-0.15, -0.1) is 11.3 Å². The first kappa shape index (κ1) is 16.6. The molecule has 0 radical (unpaired) electrons. The molecule has 5 nitrogen and oxygen atoms in total. The first-order valence-corrected chi connectivity index (χ1v) is 8.61. The zero-order valence-electron chi connectivity index (χ0n) is 13.0. The lowest BCUT2D eigenvalue weighted by Crippen LogP contribution is -2.45. The summed E-state index contributed by atoms with van der Waals surface area (Å²) in [6.07, 6.45) is 0. The Balaban J connectivity index is 2.00. The molecule has 118 valence electrons. The minimum Gasteiger partial charge on any atom is -0.350 e. The zero-order chi connectivity index (χ0) is 16.3. The maximum absolute atomic E-state index is 12.2. The van der Waals surface area contributed by atoms with E-state index in [1.807, 2.05) is 37.6 Å². The van der Waals surface area contributed by atoms with Gasteiger partial charge < -0.3 is 10.6 Å². The number of hydrogen-bond donors (Lipinski definition) is 2. The number of carbonyl (C=O) groups is 2. The fraction of sp³-hybridized carbons (Fsp3) is 0.400. The molecule has 0 fully saturated rings. The number of aromatic nitrogens is 1. The molecule has 0 spiro atoms. The van der Waals surface area contributed by atoms with E-state index < -0.39 is 0 Å². The zero-order valence-corrected chi connectivity index (χ0v) is 14.7. The van der Waals surface area contributed by atoms with Crippen molar-refractivity contribution in [2.45, 2.75) is 33.2 Å². The standard InChI is InChI=1S/C15H19N3O2S2/c1-9-12(22-14(17-9)10-5-6-21-8-10)13(20)16-7-11(19)18-15(2,3)4/h5-6,8H,7H2,1-4H3,(H,16,20)(H,18,19). The van der Waals surface area contributed by atoms with Gasteiger partial charge in [0, 0.05) is 16.5 Å². The van der Waals surface area contributed by atoms with Crippen molar-refractivity contribution in [1.29, 1.82) is 0 Å². The number of amides is 2. The molecule has 0 aromatic carbocycles. The fourth-order valence-corrected chi connectivity index (χ4v) is 3.51. The fourth-order valence-electron chi connectivity index (χ4n) is 1.82. The third-order valence-corrected chi connectivity index (χ3v) is 4.58. The van der Waals surface area contributed by atoms with Crippen LogP contribution in [0.3, 0.4) is 0 Å². The molecule has 0 aliphatic carbocycles. The van der Waals surface area contributed by atoms with E-state index in [1.165, 1.54) is 11.3 Å². The average Bonchev–Trinajstić information content (AvgIpc) is 3.02. The molecule has 22 heavy (non-hydrogen) atoms. The Bertz CT molecular complexity index is 670. The Morgan fingerprint density at radius 3 is 2.64 bits per heavy atom. The third kappa shape index (κ3) is 4.38. The minimum atomic E-state index is -0.311. The van der Waals surface area contributed by atoms with Gasteiger partial charge in [0.1, 0.15) is 9.88 Å². The molecular formula is C15H19N3O2S2. The molecule has 2 rings (SSSR count). The van der Waals surface area contributed by atoms with E-state index >= 15 is 0 Å². The Kier molecular flexibility index (Phi) is 4.97. The topological polar surface area (TPSA) is 71.1 Å². The summed E-state index contributed by atoms with van der Waals surface area (Å²) in [5.41, 5.74) is 1.39. The molecule has 0 aliphatic rings. The average molecular weight is 337 g/mol. The molecule has 2 N–H and O–H groups in total. The maximum Gasteiger partial charge on any atom is 0.263 e. The van der Waals surface area contributed by atoms with E-state index in [1.54, 1.807) is 18.3 Å². The highest BCUT2D eigenvalue weighted by molar-refractivity contribution is 7.17. The molecule has 0 atom stereocenters. The van der Waals surface area contributed by atoms with Crippen LogP contribution in [0.25, 0.3) is 10.6 Å². The van der Waals surface area contributed by atoms with Crippen molar-refractivity contribution in [3.8, 4) is 10.6 Å². The SMILES string of the molecule is Cc1nc(-c2ccsc2)sc1C(=O)NCC(=O)NC(C)(C)C. The van der Waals surface area contributed by atoms with Crippen LogP contribution in [0, 0.1) is 6.92 Å². The Morgan fingerprint density at radius 2 is 2.05 bits per heavy atom. The van der Waals surface area contributed by atoms with E-state index in [2.05, 4.69) is 15.6 Å². The molecular weight excluding hydrogens is 318 g/mol.